The van der Waals surface area contributed by atoms with E-state index in [0.29, 0.717) is 18.9 Å². The number of amides is 1. The molecular formula is C20H31N3O3. The van der Waals surface area contributed by atoms with Crippen LogP contribution in [0.5, 0.6) is 0 Å². The third kappa shape index (κ3) is 3.54. The van der Waals surface area contributed by atoms with Crippen LogP contribution in [0.4, 0.5) is 0 Å². The third-order valence-corrected chi connectivity index (χ3v) is 6.70. The molecule has 2 aliphatic heterocycles. The molecule has 3 heterocycles. The Morgan fingerprint density at radius 1 is 1.27 bits per heavy atom. The lowest BCUT2D eigenvalue weighted by atomic mass is 9.71. The molecule has 2 saturated heterocycles. The van der Waals surface area contributed by atoms with Crippen LogP contribution < -0.4 is 0 Å². The number of hydrogen-bond donors (Lipinski definition) is 1. The quantitative estimate of drug-likeness (QED) is 0.896. The van der Waals surface area contributed by atoms with Crippen molar-refractivity contribution < 1.29 is 14.4 Å². The van der Waals surface area contributed by atoms with Crippen molar-refractivity contribution in [3.8, 4) is 0 Å². The first kappa shape index (κ1) is 18.0. The third-order valence-electron chi connectivity index (χ3n) is 6.70. The molecule has 6 heteroatoms. The van der Waals surface area contributed by atoms with Crippen LogP contribution in [0.2, 0.25) is 0 Å². The van der Waals surface area contributed by atoms with Crippen molar-refractivity contribution in [1.29, 1.82) is 0 Å². The number of aromatic nitrogens is 1. The SMILES string of the molecule is CN1CC(O)CC2(CCN(Cc3cc(C4CCCCC4)no3)CC2)C1=O. The summed E-state index contributed by atoms with van der Waals surface area (Å²) < 4.78 is 5.61. The molecule has 1 aliphatic carbocycles. The first-order valence-electron chi connectivity index (χ1n) is 10.2. The van der Waals surface area contributed by atoms with Gasteiger partial charge in [0.25, 0.3) is 0 Å². The van der Waals surface area contributed by atoms with E-state index < -0.39 is 6.10 Å². The van der Waals surface area contributed by atoms with Gasteiger partial charge in [-0.2, -0.15) is 0 Å². The predicted molar refractivity (Wildman–Crippen MR) is 97.5 cm³/mol. The van der Waals surface area contributed by atoms with E-state index >= 15 is 0 Å². The summed E-state index contributed by atoms with van der Waals surface area (Å²) in [6.07, 6.45) is 8.26. The second-order valence-corrected chi connectivity index (χ2v) is 8.65. The molecule has 1 saturated carbocycles. The number of carbonyl (C=O) groups is 1. The number of likely N-dealkylation sites (N-methyl/N-ethyl adjacent to an activating group) is 1. The van der Waals surface area contributed by atoms with Crippen molar-refractivity contribution in [2.45, 2.75) is 69.9 Å². The fourth-order valence-corrected chi connectivity index (χ4v) is 5.18. The average Bonchev–Trinajstić information content (AvgIpc) is 3.11. The van der Waals surface area contributed by atoms with E-state index in [-0.39, 0.29) is 11.3 Å². The van der Waals surface area contributed by atoms with Gasteiger partial charge in [-0.25, -0.2) is 0 Å². The number of β-amino-alcohol motifs (C(OH)–C–C–N with tert-alkyl or cyclic N) is 1. The van der Waals surface area contributed by atoms with Crippen molar-refractivity contribution in [3.63, 3.8) is 0 Å². The molecule has 6 nitrogen and oxygen atoms in total. The molecule has 26 heavy (non-hydrogen) atoms. The topological polar surface area (TPSA) is 69.8 Å². The first-order chi connectivity index (χ1) is 12.6. The Kier molecular flexibility index (Phi) is 5.06. The maximum absolute atomic E-state index is 12.7. The fourth-order valence-electron chi connectivity index (χ4n) is 5.18. The number of carbonyl (C=O) groups excluding carboxylic acids is 1. The summed E-state index contributed by atoms with van der Waals surface area (Å²) in [6.45, 7) is 2.96. The molecular weight excluding hydrogens is 330 g/mol. The van der Waals surface area contributed by atoms with E-state index in [0.717, 1.165) is 43.9 Å². The summed E-state index contributed by atoms with van der Waals surface area (Å²) >= 11 is 0. The minimum Gasteiger partial charge on any atom is -0.391 e. The Balaban J connectivity index is 1.34. The van der Waals surface area contributed by atoms with Gasteiger partial charge in [0, 0.05) is 25.6 Å². The fraction of sp³-hybridized carbons (Fsp3) is 0.800. The summed E-state index contributed by atoms with van der Waals surface area (Å²) in [6, 6.07) is 2.14. The second-order valence-electron chi connectivity index (χ2n) is 8.65. The van der Waals surface area contributed by atoms with Crippen molar-refractivity contribution >= 4 is 5.91 Å². The highest BCUT2D eigenvalue weighted by molar-refractivity contribution is 5.83. The van der Waals surface area contributed by atoms with Crippen LogP contribution >= 0.6 is 0 Å². The Labute approximate surface area is 155 Å². The largest absolute Gasteiger partial charge is 0.391 e. The molecule has 1 N–H and O–H groups in total. The Hall–Kier alpha value is -1.40. The molecule has 4 rings (SSSR count). The maximum atomic E-state index is 12.7. The zero-order valence-corrected chi connectivity index (χ0v) is 15.8. The van der Waals surface area contributed by atoms with Gasteiger partial charge in [-0.3, -0.25) is 9.69 Å². The van der Waals surface area contributed by atoms with Gasteiger partial charge in [0.05, 0.1) is 23.8 Å². The highest BCUT2D eigenvalue weighted by Gasteiger charge is 2.47. The van der Waals surface area contributed by atoms with Gasteiger partial charge in [-0.05, 0) is 45.2 Å². The number of hydrogen-bond acceptors (Lipinski definition) is 5. The van der Waals surface area contributed by atoms with E-state index in [2.05, 4.69) is 16.1 Å². The summed E-state index contributed by atoms with van der Waals surface area (Å²) in [5.74, 6) is 1.72. The highest BCUT2D eigenvalue weighted by atomic mass is 16.5. The Morgan fingerprint density at radius 3 is 2.73 bits per heavy atom. The molecule has 144 valence electrons. The number of piperidine rings is 2. The van der Waals surface area contributed by atoms with E-state index in [1.54, 1.807) is 11.9 Å². The highest BCUT2D eigenvalue weighted by Crippen LogP contribution is 2.41. The lowest BCUT2D eigenvalue weighted by Crippen LogP contribution is -2.56. The van der Waals surface area contributed by atoms with Crippen molar-refractivity contribution in [2.75, 3.05) is 26.7 Å². The zero-order chi connectivity index (χ0) is 18.1. The van der Waals surface area contributed by atoms with Gasteiger partial charge >= 0.3 is 0 Å². The van der Waals surface area contributed by atoms with Gasteiger partial charge in [0.15, 0.2) is 5.76 Å². The minimum absolute atomic E-state index is 0.210. The molecule has 1 aromatic rings. The van der Waals surface area contributed by atoms with E-state index in [4.69, 9.17) is 4.52 Å². The maximum Gasteiger partial charge on any atom is 0.228 e. The van der Waals surface area contributed by atoms with E-state index in [1.807, 2.05) is 0 Å². The van der Waals surface area contributed by atoms with Gasteiger partial charge in [-0.15, -0.1) is 0 Å². The van der Waals surface area contributed by atoms with Gasteiger partial charge in [0.1, 0.15) is 0 Å². The Morgan fingerprint density at radius 2 is 2.00 bits per heavy atom. The zero-order valence-electron chi connectivity index (χ0n) is 15.8. The van der Waals surface area contributed by atoms with Gasteiger partial charge < -0.3 is 14.5 Å². The molecule has 1 atom stereocenters. The molecule has 1 unspecified atom stereocenters. The lowest BCUT2D eigenvalue weighted by molar-refractivity contribution is -0.154. The van der Waals surface area contributed by atoms with E-state index in [1.165, 1.54) is 32.1 Å². The number of aliphatic hydroxyl groups is 1. The summed E-state index contributed by atoms with van der Waals surface area (Å²) in [4.78, 5) is 16.7. The lowest BCUT2D eigenvalue weighted by Gasteiger charge is -2.46. The number of nitrogens with zero attached hydrogens (tertiary/aromatic N) is 3. The molecule has 1 spiro atoms. The van der Waals surface area contributed by atoms with Gasteiger partial charge in [0.2, 0.25) is 5.91 Å². The molecule has 0 bridgehead atoms. The minimum atomic E-state index is -0.392. The van der Waals surface area contributed by atoms with Crippen LogP contribution in [0.3, 0.4) is 0 Å². The van der Waals surface area contributed by atoms with Crippen LogP contribution in [0, 0.1) is 5.41 Å². The molecule has 3 fully saturated rings. The molecule has 0 radical (unpaired) electrons. The monoisotopic (exact) mass is 361 g/mol. The number of aliphatic hydroxyl groups excluding tert-OH is 1. The van der Waals surface area contributed by atoms with Crippen LogP contribution in [-0.2, 0) is 11.3 Å². The first-order valence-corrected chi connectivity index (χ1v) is 10.2. The predicted octanol–water partition coefficient (Wildman–Crippen LogP) is 2.53. The normalized spacial score (nSPS) is 28.0. The van der Waals surface area contributed by atoms with Crippen molar-refractivity contribution in [2.24, 2.45) is 5.41 Å². The molecule has 0 aromatic carbocycles. The summed E-state index contributed by atoms with van der Waals surface area (Å²) in [7, 11) is 1.81. The molecule has 1 amide bonds. The van der Waals surface area contributed by atoms with Crippen LogP contribution in [0.25, 0.3) is 0 Å². The number of rotatable bonds is 3. The molecule has 1 aromatic heterocycles. The van der Waals surface area contributed by atoms with Gasteiger partial charge in [-0.1, -0.05) is 24.4 Å². The van der Waals surface area contributed by atoms with Crippen molar-refractivity contribution in [1.82, 2.24) is 15.0 Å². The van der Waals surface area contributed by atoms with E-state index in [9.17, 15) is 9.90 Å². The van der Waals surface area contributed by atoms with Crippen LogP contribution in [0.1, 0.15) is 68.7 Å². The summed E-state index contributed by atoms with van der Waals surface area (Å²) in [5, 5.41) is 14.4. The van der Waals surface area contributed by atoms with Crippen molar-refractivity contribution in [3.05, 3.63) is 17.5 Å². The average molecular weight is 361 g/mol. The standard InChI is InChI=1S/C20H31N3O3/c1-22-13-16(24)12-20(19(22)25)7-9-23(10-8-20)14-17-11-18(21-26-17)15-5-3-2-4-6-15/h11,15-16,24H,2-10,12-14H2,1H3. The summed E-state index contributed by atoms with van der Waals surface area (Å²) in [5.41, 5.74) is 0.762. The van der Waals surface area contributed by atoms with Crippen LogP contribution in [0.15, 0.2) is 10.6 Å². The number of likely N-dealkylation sites (tertiary alicyclic amines) is 2. The Bertz CT molecular complexity index is 630. The molecule has 3 aliphatic rings. The van der Waals surface area contributed by atoms with Crippen LogP contribution in [-0.4, -0.2) is 58.8 Å². The smallest absolute Gasteiger partial charge is 0.228 e. The second kappa shape index (κ2) is 7.31.